The van der Waals surface area contributed by atoms with Crippen LogP contribution in [0.4, 0.5) is 0 Å². The largest absolute Gasteiger partial charge is 0.365 e. The average Bonchev–Trinajstić information content (AvgIpc) is 2.72. The fourth-order valence-electron chi connectivity index (χ4n) is 1.90. The van der Waals surface area contributed by atoms with Crippen LogP contribution in [0.5, 0.6) is 0 Å². The van der Waals surface area contributed by atoms with Crippen LogP contribution < -0.4 is 0 Å². The minimum Gasteiger partial charge on any atom is -0.365 e. The second-order valence-electron chi connectivity index (χ2n) is 3.81. The number of likely N-dealkylation sites (tertiary alicyclic amines) is 1. The molecule has 14 heavy (non-hydrogen) atoms. The van der Waals surface area contributed by atoms with Gasteiger partial charge in [-0.25, -0.2) is 0 Å². The molecule has 3 nitrogen and oxygen atoms in total. The smallest absolute Gasteiger partial charge is 0.228 e. The second kappa shape index (κ2) is 4.31. The van der Waals surface area contributed by atoms with Crippen molar-refractivity contribution in [2.45, 2.75) is 25.7 Å². The quantitative estimate of drug-likeness (QED) is 0.758. The molecule has 3 heteroatoms. The van der Waals surface area contributed by atoms with Crippen LogP contribution in [-0.4, -0.2) is 28.9 Å². The number of H-pyrrole nitrogens is 1. The van der Waals surface area contributed by atoms with Crippen molar-refractivity contribution in [2.24, 2.45) is 0 Å². The van der Waals surface area contributed by atoms with Gasteiger partial charge in [0.2, 0.25) is 5.91 Å². The van der Waals surface area contributed by atoms with Gasteiger partial charge in [-0.3, -0.25) is 4.79 Å². The standard InChI is InChI=1S/C11H16N2O/c14-11(9-10-5-4-6-12-10)13-7-2-1-3-8-13/h4-6,12H,1-3,7-9H2. The summed E-state index contributed by atoms with van der Waals surface area (Å²) in [5, 5.41) is 0. The third-order valence-electron chi connectivity index (χ3n) is 2.71. The van der Waals surface area contributed by atoms with Crippen molar-refractivity contribution in [1.82, 2.24) is 9.88 Å². The van der Waals surface area contributed by atoms with Gasteiger partial charge in [0.05, 0.1) is 6.42 Å². The van der Waals surface area contributed by atoms with Gasteiger partial charge in [0.1, 0.15) is 0 Å². The Morgan fingerprint density at radius 1 is 1.36 bits per heavy atom. The molecule has 1 N–H and O–H groups in total. The maximum atomic E-state index is 11.8. The van der Waals surface area contributed by atoms with Crippen LogP contribution in [0.25, 0.3) is 0 Å². The fourth-order valence-corrected chi connectivity index (χ4v) is 1.90. The number of carbonyl (C=O) groups is 1. The summed E-state index contributed by atoms with van der Waals surface area (Å²) in [6.45, 7) is 1.89. The topological polar surface area (TPSA) is 36.1 Å². The molecule has 2 rings (SSSR count). The van der Waals surface area contributed by atoms with Gasteiger partial charge >= 0.3 is 0 Å². The Morgan fingerprint density at radius 2 is 2.14 bits per heavy atom. The molecule has 76 valence electrons. The monoisotopic (exact) mass is 192 g/mol. The molecule has 0 saturated carbocycles. The number of hydrogen-bond acceptors (Lipinski definition) is 1. The molecule has 0 atom stereocenters. The van der Waals surface area contributed by atoms with E-state index in [0.29, 0.717) is 6.42 Å². The second-order valence-corrected chi connectivity index (χ2v) is 3.81. The first-order chi connectivity index (χ1) is 6.86. The molecule has 1 amide bonds. The molecule has 0 bridgehead atoms. The van der Waals surface area contributed by atoms with Crippen molar-refractivity contribution in [2.75, 3.05) is 13.1 Å². The zero-order valence-corrected chi connectivity index (χ0v) is 8.33. The number of aromatic nitrogens is 1. The van der Waals surface area contributed by atoms with Crippen molar-refractivity contribution < 1.29 is 4.79 Å². The molecule has 1 fully saturated rings. The molecular weight excluding hydrogens is 176 g/mol. The van der Waals surface area contributed by atoms with Crippen LogP contribution in [0.3, 0.4) is 0 Å². The van der Waals surface area contributed by atoms with Gasteiger partial charge in [0.25, 0.3) is 0 Å². The van der Waals surface area contributed by atoms with E-state index >= 15 is 0 Å². The summed E-state index contributed by atoms with van der Waals surface area (Å²) in [4.78, 5) is 16.8. The lowest BCUT2D eigenvalue weighted by Crippen LogP contribution is -2.36. The van der Waals surface area contributed by atoms with E-state index in [1.54, 1.807) is 0 Å². The van der Waals surface area contributed by atoms with Gasteiger partial charge in [-0.05, 0) is 31.4 Å². The van der Waals surface area contributed by atoms with Crippen molar-refractivity contribution in [1.29, 1.82) is 0 Å². The van der Waals surface area contributed by atoms with Gasteiger partial charge in [-0.1, -0.05) is 0 Å². The molecule has 0 spiro atoms. The highest BCUT2D eigenvalue weighted by Crippen LogP contribution is 2.10. The zero-order chi connectivity index (χ0) is 9.80. The Bertz CT molecular complexity index is 286. The summed E-state index contributed by atoms with van der Waals surface area (Å²) < 4.78 is 0. The molecule has 0 aliphatic carbocycles. The van der Waals surface area contributed by atoms with Gasteiger partial charge in [-0.15, -0.1) is 0 Å². The highest BCUT2D eigenvalue weighted by Gasteiger charge is 2.16. The van der Waals surface area contributed by atoms with Crippen molar-refractivity contribution in [3.63, 3.8) is 0 Å². The van der Waals surface area contributed by atoms with E-state index in [1.807, 2.05) is 23.2 Å². The zero-order valence-electron chi connectivity index (χ0n) is 8.33. The van der Waals surface area contributed by atoms with Crippen LogP contribution in [0.15, 0.2) is 18.3 Å². The van der Waals surface area contributed by atoms with Crippen LogP contribution in [0.2, 0.25) is 0 Å². The molecular formula is C11H16N2O. The minimum absolute atomic E-state index is 0.257. The van der Waals surface area contributed by atoms with E-state index in [-0.39, 0.29) is 5.91 Å². The number of amides is 1. The average molecular weight is 192 g/mol. The number of rotatable bonds is 2. The maximum absolute atomic E-state index is 11.8. The number of aromatic amines is 1. The van der Waals surface area contributed by atoms with E-state index < -0.39 is 0 Å². The molecule has 1 saturated heterocycles. The molecule has 0 unspecified atom stereocenters. The minimum atomic E-state index is 0.257. The number of hydrogen-bond donors (Lipinski definition) is 1. The number of nitrogens with zero attached hydrogens (tertiary/aromatic N) is 1. The SMILES string of the molecule is O=C(Cc1ccc[nH]1)N1CCCCC1. The maximum Gasteiger partial charge on any atom is 0.228 e. The van der Waals surface area contributed by atoms with Crippen LogP contribution in [-0.2, 0) is 11.2 Å². The Kier molecular flexibility index (Phi) is 2.87. The van der Waals surface area contributed by atoms with E-state index in [0.717, 1.165) is 31.6 Å². The molecule has 0 aromatic carbocycles. The van der Waals surface area contributed by atoms with Crippen LogP contribution in [0, 0.1) is 0 Å². The summed E-state index contributed by atoms with van der Waals surface area (Å²) in [5.41, 5.74) is 1.01. The van der Waals surface area contributed by atoms with E-state index in [2.05, 4.69) is 4.98 Å². The summed E-state index contributed by atoms with van der Waals surface area (Å²) in [7, 11) is 0. The lowest BCUT2D eigenvalue weighted by atomic mass is 10.1. The molecule has 0 radical (unpaired) electrons. The van der Waals surface area contributed by atoms with Gasteiger partial charge < -0.3 is 9.88 Å². The Labute approximate surface area is 84.1 Å². The number of piperidine rings is 1. The molecule has 2 heterocycles. The first kappa shape index (κ1) is 9.31. The van der Waals surface area contributed by atoms with E-state index in [9.17, 15) is 4.79 Å². The third-order valence-corrected chi connectivity index (χ3v) is 2.71. The van der Waals surface area contributed by atoms with Crippen molar-refractivity contribution in [3.8, 4) is 0 Å². The molecule has 1 aliphatic rings. The Morgan fingerprint density at radius 3 is 2.79 bits per heavy atom. The summed E-state index contributed by atoms with van der Waals surface area (Å²) in [6, 6.07) is 3.89. The normalized spacial score (nSPS) is 17.0. The van der Waals surface area contributed by atoms with Crippen LogP contribution in [0.1, 0.15) is 25.0 Å². The predicted octanol–water partition coefficient (Wildman–Crippen LogP) is 1.57. The highest BCUT2D eigenvalue weighted by atomic mass is 16.2. The number of nitrogens with one attached hydrogen (secondary N) is 1. The number of carbonyl (C=O) groups excluding carboxylic acids is 1. The predicted molar refractivity (Wildman–Crippen MR) is 54.9 cm³/mol. The van der Waals surface area contributed by atoms with E-state index in [1.165, 1.54) is 6.42 Å². The van der Waals surface area contributed by atoms with Gasteiger partial charge in [-0.2, -0.15) is 0 Å². The first-order valence-corrected chi connectivity index (χ1v) is 5.26. The fraction of sp³-hybridized carbons (Fsp3) is 0.545. The Hall–Kier alpha value is -1.25. The molecule has 1 aromatic rings. The molecule has 1 aliphatic heterocycles. The third kappa shape index (κ3) is 2.16. The van der Waals surface area contributed by atoms with Crippen LogP contribution >= 0.6 is 0 Å². The first-order valence-electron chi connectivity index (χ1n) is 5.26. The van der Waals surface area contributed by atoms with E-state index in [4.69, 9.17) is 0 Å². The van der Waals surface area contributed by atoms with Crippen molar-refractivity contribution in [3.05, 3.63) is 24.0 Å². The lowest BCUT2D eigenvalue weighted by molar-refractivity contribution is -0.131. The lowest BCUT2D eigenvalue weighted by Gasteiger charge is -2.26. The molecule has 1 aromatic heterocycles. The van der Waals surface area contributed by atoms with Gasteiger partial charge in [0.15, 0.2) is 0 Å². The summed E-state index contributed by atoms with van der Waals surface area (Å²) >= 11 is 0. The Balaban J connectivity index is 1.88. The summed E-state index contributed by atoms with van der Waals surface area (Å²) in [5.74, 6) is 0.257. The summed E-state index contributed by atoms with van der Waals surface area (Å²) in [6.07, 6.45) is 5.98. The highest BCUT2D eigenvalue weighted by molar-refractivity contribution is 5.78. The van der Waals surface area contributed by atoms with Crippen molar-refractivity contribution >= 4 is 5.91 Å². The van der Waals surface area contributed by atoms with Gasteiger partial charge in [0, 0.05) is 25.0 Å².